The molecule has 4 unspecified atom stereocenters. The number of nitrogens with one attached hydrogen (secondary N) is 5. The highest BCUT2D eigenvalue weighted by Crippen LogP contribution is 2.29. The van der Waals surface area contributed by atoms with E-state index in [0.29, 0.717) is 5.56 Å². The van der Waals surface area contributed by atoms with E-state index in [2.05, 4.69) is 26.6 Å². The molecule has 1 heterocycles. The van der Waals surface area contributed by atoms with Crippen LogP contribution in [0, 0.1) is 13.7 Å². The van der Waals surface area contributed by atoms with Gasteiger partial charge in [0.25, 0.3) is 11.6 Å². The number of carbonyl (C=O) groups is 6. The molecule has 0 saturated carbocycles. The first-order valence-electron chi connectivity index (χ1n) is 14.6. The van der Waals surface area contributed by atoms with Crippen LogP contribution in [0.5, 0.6) is 5.75 Å². The number of phenols is 1. The van der Waals surface area contributed by atoms with Gasteiger partial charge in [-0.25, -0.2) is 0 Å². The number of hydrogen-bond acceptors (Lipinski definition) is 11. The van der Waals surface area contributed by atoms with E-state index in [1.54, 1.807) is 22.6 Å². The van der Waals surface area contributed by atoms with Gasteiger partial charge in [0, 0.05) is 35.1 Å². The second kappa shape index (κ2) is 17.2. The third kappa shape index (κ3) is 10.5. The zero-order valence-corrected chi connectivity index (χ0v) is 27.5. The van der Waals surface area contributed by atoms with Crippen molar-refractivity contribution >= 4 is 69.4 Å². The van der Waals surface area contributed by atoms with Gasteiger partial charge in [-0.05, 0) is 59.5 Å². The third-order valence-corrected chi connectivity index (χ3v) is 8.14. The summed E-state index contributed by atoms with van der Waals surface area (Å²) < 4.78 is 0.270. The molecule has 48 heavy (non-hydrogen) atoms. The summed E-state index contributed by atoms with van der Waals surface area (Å²) in [6.07, 6.45) is -0.628. The fourth-order valence-electron chi connectivity index (χ4n) is 4.74. The first kappa shape index (κ1) is 37.4. The lowest BCUT2D eigenvalue weighted by Crippen LogP contribution is -2.59. The molecule has 4 atom stereocenters. The summed E-state index contributed by atoms with van der Waals surface area (Å²) in [6, 6.07) is 2.23. The van der Waals surface area contributed by atoms with Crippen LogP contribution in [0.3, 0.4) is 0 Å². The SMILES string of the molecule is NC(=O)CCC1NC(=O)C(CO)NC(=O)c2cc([N+](=O)[O-])cc(I)c2NCCCC(C(N)=O)NC(=O)C(Cc2ccc(O)cc2)NC1=O. The molecule has 2 aromatic rings. The average Bonchev–Trinajstić information content (AvgIpc) is 3.03. The van der Waals surface area contributed by atoms with Crippen molar-refractivity contribution in [1.82, 2.24) is 21.3 Å². The number of amides is 6. The van der Waals surface area contributed by atoms with Gasteiger partial charge in [-0.3, -0.25) is 38.9 Å². The van der Waals surface area contributed by atoms with Crippen LogP contribution in [-0.4, -0.2) is 87.9 Å². The number of nitro groups is 1. The predicted molar refractivity (Wildman–Crippen MR) is 177 cm³/mol. The Morgan fingerprint density at radius 1 is 0.938 bits per heavy atom. The standard InChI is InChI=1S/C29H35IN8O10/c30-18-12-15(38(47)48)11-17-24(18)33-9-1-2-19(25(32)42)34-28(45)21(10-14-3-5-16(40)6-4-14)36-27(44)20(7-8-23(31)41)35-29(46)22(13-39)37-26(17)43/h3-6,11-12,19-22,33,39-40H,1-2,7-10,13H2,(H2,31,41)(H2,32,42)(H,34,45)(H,35,46)(H,36,44)(H,37,43). The van der Waals surface area contributed by atoms with Crippen LogP contribution >= 0.6 is 22.6 Å². The fraction of sp³-hybridized carbons (Fsp3) is 0.379. The van der Waals surface area contributed by atoms with Crippen molar-refractivity contribution < 1.29 is 43.9 Å². The van der Waals surface area contributed by atoms with Gasteiger partial charge < -0.3 is 48.3 Å². The number of halogens is 1. The fourth-order valence-corrected chi connectivity index (χ4v) is 5.54. The topological polar surface area (TPSA) is 298 Å². The molecule has 18 nitrogen and oxygen atoms in total. The van der Waals surface area contributed by atoms with Crippen molar-refractivity contribution in [2.24, 2.45) is 11.5 Å². The minimum Gasteiger partial charge on any atom is -0.508 e. The summed E-state index contributed by atoms with van der Waals surface area (Å²) in [7, 11) is 0. The molecule has 0 aromatic heterocycles. The number of non-ortho nitro benzene ring substituents is 1. The molecular formula is C29H35IN8O10. The summed E-state index contributed by atoms with van der Waals surface area (Å²) in [4.78, 5) is 88.4. The highest BCUT2D eigenvalue weighted by Gasteiger charge is 2.32. The monoisotopic (exact) mass is 782 g/mol. The van der Waals surface area contributed by atoms with E-state index < -0.39 is 76.8 Å². The van der Waals surface area contributed by atoms with Crippen LogP contribution in [0.1, 0.15) is 41.6 Å². The van der Waals surface area contributed by atoms with Crippen LogP contribution in [0.25, 0.3) is 0 Å². The number of benzene rings is 2. The second-order valence-corrected chi connectivity index (χ2v) is 12.0. The molecule has 258 valence electrons. The average molecular weight is 783 g/mol. The van der Waals surface area contributed by atoms with Gasteiger partial charge in [0.05, 0.1) is 22.8 Å². The number of rotatable bonds is 8. The molecule has 11 N–H and O–H groups in total. The van der Waals surface area contributed by atoms with Gasteiger partial charge in [-0.2, -0.15) is 0 Å². The molecule has 0 aliphatic carbocycles. The summed E-state index contributed by atoms with van der Waals surface area (Å²) in [6.45, 7) is -0.843. The number of carbonyl (C=O) groups excluding carboxylic acids is 6. The summed E-state index contributed by atoms with van der Waals surface area (Å²) >= 11 is 1.78. The number of hydrogen-bond donors (Lipinski definition) is 9. The number of aromatic hydroxyl groups is 1. The largest absolute Gasteiger partial charge is 0.508 e. The van der Waals surface area contributed by atoms with Gasteiger partial charge in [-0.15, -0.1) is 0 Å². The van der Waals surface area contributed by atoms with Crippen LogP contribution in [0.4, 0.5) is 11.4 Å². The van der Waals surface area contributed by atoms with Crippen molar-refractivity contribution in [3.05, 3.63) is 61.2 Å². The quantitative estimate of drug-likeness (QED) is 0.0857. The Bertz CT molecular complexity index is 1570. The van der Waals surface area contributed by atoms with E-state index in [4.69, 9.17) is 11.5 Å². The lowest BCUT2D eigenvalue weighted by molar-refractivity contribution is -0.385. The van der Waals surface area contributed by atoms with E-state index >= 15 is 0 Å². The molecule has 0 spiro atoms. The zero-order valence-electron chi connectivity index (χ0n) is 25.4. The van der Waals surface area contributed by atoms with E-state index in [1.165, 1.54) is 30.3 Å². The molecule has 0 bridgehead atoms. The first-order valence-corrected chi connectivity index (χ1v) is 15.7. The molecule has 0 fully saturated rings. The molecule has 2 aromatic carbocycles. The number of nitrogens with zero attached hydrogens (tertiary/aromatic N) is 1. The molecule has 3 rings (SSSR count). The lowest BCUT2D eigenvalue weighted by Gasteiger charge is -2.26. The van der Waals surface area contributed by atoms with Gasteiger partial charge in [-0.1, -0.05) is 12.1 Å². The van der Waals surface area contributed by atoms with Crippen LogP contribution < -0.4 is 38.1 Å². The van der Waals surface area contributed by atoms with Crippen molar-refractivity contribution in [3.63, 3.8) is 0 Å². The van der Waals surface area contributed by atoms with Crippen LogP contribution in [-0.2, 0) is 30.4 Å². The predicted octanol–water partition coefficient (Wildman–Crippen LogP) is -1.35. The van der Waals surface area contributed by atoms with Gasteiger partial charge in [0.15, 0.2) is 0 Å². The maximum atomic E-state index is 13.5. The van der Waals surface area contributed by atoms with E-state index in [1.807, 2.05) is 0 Å². The highest BCUT2D eigenvalue weighted by atomic mass is 127. The number of nitro benzene ring substituents is 1. The Morgan fingerprint density at radius 2 is 1.56 bits per heavy atom. The first-order chi connectivity index (χ1) is 22.7. The van der Waals surface area contributed by atoms with Gasteiger partial charge >= 0.3 is 0 Å². The van der Waals surface area contributed by atoms with Crippen LogP contribution in [0.2, 0.25) is 0 Å². The van der Waals surface area contributed by atoms with Gasteiger partial charge in [0.1, 0.15) is 29.9 Å². The Morgan fingerprint density at radius 3 is 2.17 bits per heavy atom. The number of phenolic OH excluding ortho intramolecular Hbond substituents is 1. The number of nitrogens with two attached hydrogens (primary N) is 2. The third-order valence-electron chi connectivity index (χ3n) is 7.29. The molecular weight excluding hydrogens is 747 g/mol. The zero-order chi connectivity index (χ0) is 35.5. The molecule has 0 saturated heterocycles. The Labute approximate surface area is 287 Å². The number of fused-ring (bicyclic) bond motifs is 1. The van der Waals surface area contributed by atoms with Crippen LogP contribution in [0.15, 0.2) is 36.4 Å². The number of anilines is 1. The minimum absolute atomic E-state index is 0.0168. The molecule has 1 aliphatic rings. The van der Waals surface area contributed by atoms with Gasteiger partial charge in [0.2, 0.25) is 29.5 Å². The summed E-state index contributed by atoms with van der Waals surface area (Å²) in [5.74, 6) is -5.51. The molecule has 1 aliphatic heterocycles. The van der Waals surface area contributed by atoms with Crippen molar-refractivity contribution in [2.75, 3.05) is 18.5 Å². The minimum atomic E-state index is -1.66. The number of aliphatic hydroxyl groups excluding tert-OH is 1. The molecule has 0 radical (unpaired) electrons. The maximum Gasteiger partial charge on any atom is 0.271 e. The smallest absolute Gasteiger partial charge is 0.271 e. The molecule has 19 heteroatoms. The summed E-state index contributed by atoms with van der Waals surface area (Å²) in [5.41, 5.74) is 10.8. The maximum absolute atomic E-state index is 13.5. The summed E-state index contributed by atoms with van der Waals surface area (Å²) in [5, 5.41) is 43.9. The molecule has 6 amide bonds. The Balaban J connectivity index is 2.05. The highest BCUT2D eigenvalue weighted by molar-refractivity contribution is 14.1. The van der Waals surface area contributed by atoms with E-state index in [-0.39, 0.29) is 59.2 Å². The Kier molecular flexibility index (Phi) is 13.4. The van der Waals surface area contributed by atoms with Crippen molar-refractivity contribution in [1.29, 1.82) is 0 Å². The van der Waals surface area contributed by atoms with Crippen molar-refractivity contribution in [2.45, 2.75) is 56.3 Å². The van der Waals surface area contributed by atoms with E-state index in [9.17, 15) is 49.1 Å². The lowest BCUT2D eigenvalue weighted by atomic mass is 10.0. The normalized spacial score (nSPS) is 21.1. The van der Waals surface area contributed by atoms with Crippen molar-refractivity contribution in [3.8, 4) is 5.75 Å². The Hall–Kier alpha value is -5.05. The van der Waals surface area contributed by atoms with E-state index in [0.717, 1.165) is 6.07 Å². The number of primary amides is 2. The number of aliphatic hydroxyl groups is 1. The second-order valence-electron chi connectivity index (χ2n) is 10.8.